The molecule has 1 aliphatic rings. The normalized spacial score (nSPS) is 16.5. The van der Waals surface area contributed by atoms with E-state index in [0.29, 0.717) is 29.2 Å². The number of rotatable bonds is 8. The van der Waals surface area contributed by atoms with Gasteiger partial charge in [-0.3, -0.25) is 19.3 Å². The summed E-state index contributed by atoms with van der Waals surface area (Å²) in [6.45, 7) is 2.21. The highest BCUT2D eigenvalue weighted by molar-refractivity contribution is 6.52. The average Bonchev–Trinajstić information content (AvgIpc) is 3.15. The van der Waals surface area contributed by atoms with Crippen LogP contribution in [-0.4, -0.2) is 48.6 Å². The molecule has 0 radical (unpaired) electrons. The quantitative estimate of drug-likeness (QED) is 0.236. The molecule has 0 aliphatic carbocycles. The third-order valence-corrected chi connectivity index (χ3v) is 6.57. The maximum Gasteiger partial charge on any atom is 0.307 e. The number of ketones is 1. The maximum atomic E-state index is 13.4. The smallest absolute Gasteiger partial charge is 0.307 e. The lowest BCUT2D eigenvalue weighted by atomic mass is 9.94. The van der Waals surface area contributed by atoms with Gasteiger partial charge in [-0.1, -0.05) is 35.9 Å². The second kappa shape index (κ2) is 11.0. The Kier molecular flexibility index (Phi) is 7.73. The first kappa shape index (κ1) is 26.8. The first-order valence-electron chi connectivity index (χ1n) is 11.9. The molecule has 3 aromatic carbocycles. The zero-order valence-corrected chi connectivity index (χ0v) is 21.9. The molecule has 1 atom stereocenters. The van der Waals surface area contributed by atoms with Crippen molar-refractivity contribution in [3.63, 3.8) is 0 Å². The molecule has 0 aromatic heterocycles. The van der Waals surface area contributed by atoms with E-state index in [4.69, 9.17) is 21.4 Å². The number of anilines is 2. The Hall–Kier alpha value is -4.30. The predicted molar refractivity (Wildman–Crippen MR) is 146 cm³/mol. The topological polar surface area (TPSA) is 107 Å². The lowest BCUT2D eigenvalue weighted by Crippen LogP contribution is -2.29. The Balaban J connectivity index is 1.90. The summed E-state index contributed by atoms with van der Waals surface area (Å²) in [5.74, 6) is -2.63. The summed E-state index contributed by atoms with van der Waals surface area (Å²) in [6, 6.07) is 17.5. The van der Waals surface area contributed by atoms with E-state index >= 15 is 0 Å². The molecule has 1 heterocycles. The zero-order valence-electron chi connectivity index (χ0n) is 21.1. The molecule has 1 fully saturated rings. The first-order valence-corrected chi connectivity index (χ1v) is 12.3. The van der Waals surface area contributed by atoms with Gasteiger partial charge in [-0.15, -0.1) is 0 Å². The molecule has 38 heavy (non-hydrogen) atoms. The van der Waals surface area contributed by atoms with E-state index in [1.807, 2.05) is 38.1 Å². The third kappa shape index (κ3) is 5.21. The first-order chi connectivity index (χ1) is 18.1. The van der Waals surface area contributed by atoms with Crippen molar-refractivity contribution in [1.29, 1.82) is 0 Å². The van der Waals surface area contributed by atoms with E-state index in [1.165, 1.54) is 11.0 Å². The minimum atomic E-state index is -0.981. The highest BCUT2D eigenvalue weighted by atomic mass is 35.5. The number of halogens is 1. The van der Waals surface area contributed by atoms with Crippen LogP contribution in [0.25, 0.3) is 5.76 Å². The molecule has 1 aliphatic heterocycles. The standard InChI is InChI=1S/C29H27ClN2O6/c1-4-38-21-13-14-23(30)22(16-21)27(35)25-26(18-7-11-19(12-8-18)31(2)3)32(29(37)28(25)36)20-9-5-17(6-10-20)15-24(33)34/h5-14,16,26,35H,4,15H2,1-3H3,(H,33,34)/b27-25+. The molecule has 9 heteroatoms. The van der Waals surface area contributed by atoms with Crippen molar-refractivity contribution in [3.05, 3.63) is 94.0 Å². The highest BCUT2D eigenvalue weighted by Crippen LogP contribution is 2.43. The molecule has 8 nitrogen and oxygen atoms in total. The number of amides is 1. The minimum Gasteiger partial charge on any atom is -0.507 e. The van der Waals surface area contributed by atoms with Crippen LogP contribution in [0.2, 0.25) is 5.02 Å². The Morgan fingerprint density at radius 2 is 1.66 bits per heavy atom. The number of hydrogen-bond acceptors (Lipinski definition) is 6. The monoisotopic (exact) mass is 534 g/mol. The van der Waals surface area contributed by atoms with Crippen LogP contribution in [0.15, 0.2) is 72.3 Å². The van der Waals surface area contributed by atoms with Crippen molar-refractivity contribution in [2.24, 2.45) is 0 Å². The van der Waals surface area contributed by atoms with Gasteiger partial charge in [-0.05, 0) is 60.5 Å². The van der Waals surface area contributed by atoms with Crippen LogP contribution in [0.4, 0.5) is 11.4 Å². The molecule has 1 saturated heterocycles. The summed E-state index contributed by atoms with van der Waals surface area (Å²) in [4.78, 5) is 41.1. The minimum absolute atomic E-state index is 0.113. The summed E-state index contributed by atoms with van der Waals surface area (Å²) in [5.41, 5.74) is 2.50. The van der Waals surface area contributed by atoms with Gasteiger partial charge in [0.1, 0.15) is 11.5 Å². The number of ether oxygens (including phenoxy) is 1. The van der Waals surface area contributed by atoms with Gasteiger partial charge in [-0.25, -0.2) is 0 Å². The SMILES string of the molecule is CCOc1ccc(Cl)c(/C(O)=C2\C(=O)C(=O)N(c3ccc(CC(=O)O)cc3)C2c2ccc(N(C)C)cc2)c1. The van der Waals surface area contributed by atoms with Crippen molar-refractivity contribution >= 4 is 46.4 Å². The van der Waals surface area contributed by atoms with E-state index in [9.17, 15) is 19.5 Å². The molecular weight excluding hydrogens is 508 g/mol. The van der Waals surface area contributed by atoms with Gasteiger partial charge in [-0.2, -0.15) is 0 Å². The van der Waals surface area contributed by atoms with Crippen LogP contribution in [0.5, 0.6) is 5.75 Å². The van der Waals surface area contributed by atoms with Gasteiger partial charge in [0.25, 0.3) is 11.7 Å². The number of benzene rings is 3. The zero-order chi connectivity index (χ0) is 27.6. The molecular formula is C29H27ClN2O6. The number of aliphatic carboxylic acids is 1. The Bertz CT molecular complexity index is 1410. The van der Waals surface area contributed by atoms with Crippen molar-refractivity contribution in [2.75, 3.05) is 30.5 Å². The Labute approximate surface area is 225 Å². The average molecular weight is 535 g/mol. The lowest BCUT2D eigenvalue weighted by Gasteiger charge is -2.26. The van der Waals surface area contributed by atoms with Gasteiger partial charge >= 0.3 is 5.97 Å². The fraction of sp³-hybridized carbons (Fsp3) is 0.207. The number of carboxylic acids is 1. The van der Waals surface area contributed by atoms with E-state index in [-0.39, 0.29) is 22.6 Å². The van der Waals surface area contributed by atoms with Gasteiger partial charge < -0.3 is 19.8 Å². The number of aliphatic hydroxyl groups excluding tert-OH is 1. The molecule has 4 rings (SSSR count). The molecule has 0 saturated carbocycles. The van der Waals surface area contributed by atoms with Crippen molar-refractivity contribution in [1.82, 2.24) is 0 Å². The van der Waals surface area contributed by atoms with Gasteiger partial charge in [0.05, 0.1) is 29.7 Å². The van der Waals surface area contributed by atoms with E-state index < -0.39 is 29.5 Å². The number of nitrogens with zero attached hydrogens (tertiary/aromatic N) is 2. The van der Waals surface area contributed by atoms with Gasteiger partial charge in [0.15, 0.2) is 0 Å². The molecule has 0 spiro atoms. The Morgan fingerprint density at radius 1 is 1.00 bits per heavy atom. The number of carbonyl (C=O) groups excluding carboxylic acids is 2. The van der Waals surface area contributed by atoms with Crippen LogP contribution in [0.3, 0.4) is 0 Å². The van der Waals surface area contributed by atoms with Crippen LogP contribution in [0.1, 0.15) is 29.7 Å². The van der Waals surface area contributed by atoms with E-state index in [0.717, 1.165) is 5.69 Å². The number of Topliss-reactive ketones (excluding diaryl/α,β-unsaturated/α-hetero) is 1. The van der Waals surface area contributed by atoms with Crippen LogP contribution < -0.4 is 14.5 Å². The second-order valence-corrected chi connectivity index (χ2v) is 9.37. The molecule has 1 amide bonds. The predicted octanol–water partition coefficient (Wildman–Crippen LogP) is 5.06. The summed E-state index contributed by atoms with van der Waals surface area (Å²) >= 11 is 6.40. The molecule has 196 valence electrons. The molecule has 3 aromatic rings. The highest BCUT2D eigenvalue weighted by Gasteiger charge is 2.47. The van der Waals surface area contributed by atoms with Gasteiger partial charge in [0.2, 0.25) is 0 Å². The van der Waals surface area contributed by atoms with Crippen LogP contribution in [-0.2, 0) is 20.8 Å². The van der Waals surface area contributed by atoms with Crippen molar-refractivity contribution < 1.29 is 29.3 Å². The van der Waals surface area contributed by atoms with E-state index in [1.54, 1.807) is 48.5 Å². The summed E-state index contributed by atoms with van der Waals surface area (Å²) in [7, 11) is 3.79. The summed E-state index contributed by atoms with van der Waals surface area (Å²) < 4.78 is 5.54. The third-order valence-electron chi connectivity index (χ3n) is 6.24. The lowest BCUT2D eigenvalue weighted by molar-refractivity contribution is -0.136. The largest absolute Gasteiger partial charge is 0.507 e. The summed E-state index contributed by atoms with van der Waals surface area (Å²) in [5, 5.41) is 20.7. The number of aliphatic hydroxyl groups is 1. The van der Waals surface area contributed by atoms with E-state index in [2.05, 4.69) is 0 Å². The second-order valence-electron chi connectivity index (χ2n) is 8.97. The van der Waals surface area contributed by atoms with Crippen molar-refractivity contribution in [2.45, 2.75) is 19.4 Å². The Morgan fingerprint density at radius 3 is 2.24 bits per heavy atom. The van der Waals surface area contributed by atoms with Crippen LogP contribution >= 0.6 is 11.6 Å². The molecule has 2 N–H and O–H groups in total. The number of carboxylic acid groups (broad SMARTS) is 1. The maximum absolute atomic E-state index is 13.4. The molecule has 1 unspecified atom stereocenters. The molecule has 0 bridgehead atoms. The van der Waals surface area contributed by atoms with Gasteiger partial charge in [0, 0.05) is 31.0 Å². The number of hydrogen-bond donors (Lipinski definition) is 2. The summed E-state index contributed by atoms with van der Waals surface area (Å²) in [6.07, 6.45) is -0.177. The fourth-order valence-corrected chi connectivity index (χ4v) is 4.61. The van der Waals surface area contributed by atoms with Crippen LogP contribution in [0, 0.1) is 0 Å². The fourth-order valence-electron chi connectivity index (χ4n) is 4.41. The van der Waals surface area contributed by atoms with Crippen molar-refractivity contribution in [3.8, 4) is 5.75 Å². The number of carbonyl (C=O) groups is 3.